The van der Waals surface area contributed by atoms with Gasteiger partial charge >= 0.3 is 5.97 Å². The highest BCUT2D eigenvalue weighted by molar-refractivity contribution is 7.11. The van der Waals surface area contributed by atoms with E-state index in [1.165, 1.54) is 0 Å². The van der Waals surface area contributed by atoms with E-state index < -0.39 is 5.97 Å². The largest absolute Gasteiger partial charge is 0.478 e. The van der Waals surface area contributed by atoms with Crippen LogP contribution in [0.3, 0.4) is 0 Å². The fourth-order valence-electron chi connectivity index (χ4n) is 2.55. The third-order valence-electron chi connectivity index (χ3n) is 3.70. The normalized spacial score (nSPS) is 21.4. The van der Waals surface area contributed by atoms with Gasteiger partial charge < -0.3 is 15.7 Å². The molecule has 0 saturated carbocycles. The zero-order chi connectivity index (χ0) is 14.9. The third-order valence-corrected chi connectivity index (χ3v) is 4.56. The van der Waals surface area contributed by atoms with Crippen LogP contribution < -0.4 is 10.6 Å². The van der Waals surface area contributed by atoms with Crippen LogP contribution in [0.5, 0.6) is 0 Å². The molecule has 20 heavy (non-hydrogen) atoms. The molecule has 1 unspecified atom stereocenters. The summed E-state index contributed by atoms with van der Waals surface area (Å²) in [4.78, 5) is 23.6. The van der Waals surface area contributed by atoms with Crippen LogP contribution in [0.15, 0.2) is 0 Å². The minimum Gasteiger partial charge on any atom is -0.478 e. The number of amides is 1. The lowest BCUT2D eigenvalue weighted by atomic mass is 9.77. The van der Waals surface area contributed by atoms with Gasteiger partial charge in [0.05, 0.1) is 11.7 Å². The molecular formula is C13H19N3O3S. The number of hydrogen-bond donors (Lipinski definition) is 3. The number of nitrogens with zero attached hydrogens (tertiary/aromatic N) is 1. The molecule has 0 radical (unpaired) electrons. The van der Waals surface area contributed by atoms with Gasteiger partial charge in [0.25, 0.3) is 0 Å². The average molecular weight is 297 g/mol. The number of rotatable bonds is 3. The van der Waals surface area contributed by atoms with Crippen LogP contribution in [-0.4, -0.2) is 33.9 Å². The maximum Gasteiger partial charge on any atom is 0.340 e. The van der Waals surface area contributed by atoms with E-state index in [2.05, 4.69) is 15.0 Å². The van der Waals surface area contributed by atoms with Crippen LogP contribution in [0.4, 0.5) is 5.00 Å². The van der Waals surface area contributed by atoms with Crippen molar-refractivity contribution in [3.8, 4) is 0 Å². The summed E-state index contributed by atoms with van der Waals surface area (Å²) >= 11 is 1.01. The molecule has 3 N–H and O–H groups in total. The van der Waals surface area contributed by atoms with Gasteiger partial charge in [-0.3, -0.25) is 4.79 Å². The molecule has 1 aromatic heterocycles. The molecule has 1 amide bonds. The minimum absolute atomic E-state index is 0.0805. The number of aromatic nitrogens is 1. The fourth-order valence-corrected chi connectivity index (χ4v) is 3.34. The van der Waals surface area contributed by atoms with Crippen molar-refractivity contribution in [2.45, 2.75) is 39.7 Å². The number of hydrogen-bond acceptors (Lipinski definition) is 5. The smallest absolute Gasteiger partial charge is 0.340 e. The lowest BCUT2D eigenvalue weighted by Crippen LogP contribution is -2.53. The number of carboxylic acids is 1. The molecular weight excluding hydrogens is 278 g/mol. The molecule has 0 bridgehead atoms. The van der Waals surface area contributed by atoms with Crippen molar-refractivity contribution in [2.24, 2.45) is 5.41 Å². The molecule has 0 aromatic carbocycles. The maximum absolute atomic E-state index is 12.4. The molecule has 2 rings (SSSR count). The van der Waals surface area contributed by atoms with E-state index in [1.807, 2.05) is 13.8 Å². The van der Waals surface area contributed by atoms with E-state index in [1.54, 1.807) is 6.92 Å². The van der Waals surface area contributed by atoms with E-state index >= 15 is 0 Å². The second kappa shape index (κ2) is 5.49. The fraction of sp³-hybridized carbons (Fsp3) is 0.615. The van der Waals surface area contributed by atoms with Crippen molar-refractivity contribution in [1.29, 1.82) is 0 Å². The summed E-state index contributed by atoms with van der Waals surface area (Å²) in [6, 6.07) is -0.319. The Bertz CT molecular complexity index is 539. The van der Waals surface area contributed by atoms with Gasteiger partial charge in [-0.1, -0.05) is 13.8 Å². The maximum atomic E-state index is 12.4. The Morgan fingerprint density at radius 2 is 2.20 bits per heavy atom. The lowest BCUT2D eigenvalue weighted by Gasteiger charge is -2.38. The Hall–Kier alpha value is -1.47. The first-order valence-electron chi connectivity index (χ1n) is 6.57. The standard InChI is InChI=1S/C13H19N3O3S/c1-7-8(12(18)19)11(20-16-7)15-10(17)9-13(2,3)5-4-6-14-9/h9,14H,4-6H2,1-3H3,(H,15,17)(H,18,19). The summed E-state index contributed by atoms with van der Waals surface area (Å²) in [6.45, 7) is 6.51. The van der Waals surface area contributed by atoms with Gasteiger partial charge in [0, 0.05) is 0 Å². The monoisotopic (exact) mass is 297 g/mol. The number of nitrogens with one attached hydrogen (secondary N) is 2. The molecule has 110 valence electrons. The molecule has 1 aliphatic rings. The van der Waals surface area contributed by atoms with Gasteiger partial charge in [-0.2, -0.15) is 4.37 Å². The summed E-state index contributed by atoms with van der Waals surface area (Å²) in [5.41, 5.74) is 0.358. The number of piperidine rings is 1. The molecule has 1 atom stereocenters. The Morgan fingerprint density at radius 3 is 2.80 bits per heavy atom. The highest BCUT2D eigenvalue weighted by Gasteiger charge is 2.37. The van der Waals surface area contributed by atoms with E-state index in [9.17, 15) is 9.59 Å². The molecule has 1 aliphatic heterocycles. The molecule has 6 nitrogen and oxygen atoms in total. The molecule has 7 heteroatoms. The van der Waals surface area contributed by atoms with E-state index in [0.717, 1.165) is 30.9 Å². The van der Waals surface area contributed by atoms with Gasteiger partial charge in [0.15, 0.2) is 0 Å². The molecule has 1 saturated heterocycles. The van der Waals surface area contributed by atoms with Crippen molar-refractivity contribution < 1.29 is 14.7 Å². The Labute approximate surface area is 121 Å². The summed E-state index contributed by atoms with van der Waals surface area (Å²) < 4.78 is 4.00. The zero-order valence-electron chi connectivity index (χ0n) is 11.8. The van der Waals surface area contributed by atoms with Gasteiger partial charge in [0.2, 0.25) is 5.91 Å². The number of carboxylic acid groups (broad SMARTS) is 1. The van der Waals surface area contributed by atoms with Crippen LogP contribution in [0.2, 0.25) is 0 Å². The average Bonchev–Trinajstić information content (AvgIpc) is 2.69. The second-order valence-electron chi connectivity index (χ2n) is 5.75. The number of anilines is 1. The molecule has 0 spiro atoms. The number of carbonyl (C=O) groups is 2. The van der Waals surface area contributed by atoms with Crippen molar-refractivity contribution in [3.05, 3.63) is 11.3 Å². The first-order valence-corrected chi connectivity index (χ1v) is 7.34. The van der Waals surface area contributed by atoms with Crippen LogP contribution in [0.1, 0.15) is 42.7 Å². The third kappa shape index (κ3) is 2.83. The molecule has 1 aromatic rings. The first kappa shape index (κ1) is 14.9. The van der Waals surface area contributed by atoms with Gasteiger partial charge in [-0.25, -0.2) is 4.79 Å². The number of carbonyl (C=O) groups excluding carboxylic acids is 1. The summed E-state index contributed by atoms with van der Waals surface area (Å²) in [5.74, 6) is -1.26. The molecule has 2 heterocycles. The van der Waals surface area contributed by atoms with Crippen LogP contribution in [0.25, 0.3) is 0 Å². The lowest BCUT2D eigenvalue weighted by molar-refractivity contribution is -0.121. The molecule has 0 aliphatic carbocycles. The zero-order valence-corrected chi connectivity index (χ0v) is 12.6. The highest BCUT2D eigenvalue weighted by Crippen LogP contribution is 2.32. The topological polar surface area (TPSA) is 91.3 Å². The Balaban J connectivity index is 2.18. The summed E-state index contributed by atoms with van der Waals surface area (Å²) in [6.07, 6.45) is 2.00. The second-order valence-corrected chi connectivity index (χ2v) is 6.52. The highest BCUT2D eigenvalue weighted by atomic mass is 32.1. The van der Waals surface area contributed by atoms with E-state index in [0.29, 0.717) is 10.7 Å². The van der Waals surface area contributed by atoms with Crippen molar-refractivity contribution in [3.63, 3.8) is 0 Å². The quantitative estimate of drug-likeness (QED) is 0.792. The Morgan fingerprint density at radius 1 is 1.50 bits per heavy atom. The van der Waals surface area contributed by atoms with Crippen molar-refractivity contribution in [1.82, 2.24) is 9.69 Å². The number of aromatic carboxylic acids is 1. The van der Waals surface area contributed by atoms with E-state index in [4.69, 9.17) is 5.11 Å². The molecule has 1 fully saturated rings. The van der Waals surface area contributed by atoms with Crippen molar-refractivity contribution >= 4 is 28.4 Å². The van der Waals surface area contributed by atoms with Gasteiger partial charge in [0.1, 0.15) is 10.6 Å². The predicted octanol–water partition coefficient (Wildman–Crippen LogP) is 1.87. The predicted molar refractivity (Wildman–Crippen MR) is 77.2 cm³/mol. The number of aryl methyl sites for hydroxylation is 1. The first-order chi connectivity index (χ1) is 9.33. The summed E-state index contributed by atoms with van der Waals surface area (Å²) in [7, 11) is 0. The van der Waals surface area contributed by atoms with Crippen LogP contribution >= 0.6 is 11.5 Å². The summed E-state index contributed by atoms with van der Waals surface area (Å²) in [5, 5.41) is 15.4. The Kier molecular flexibility index (Phi) is 4.10. The van der Waals surface area contributed by atoms with Crippen molar-refractivity contribution in [2.75, 3.05) is 11.9 Å². The van der Waals surface area contributed by atoms with Crippen LogP contribution in [0, 0.1) is 12.3 Å². The SMILES string of the molecule is Cc1nsc(NC(=O)C2NCCCC2(C)C)c1C(=O)O. The van der Waals surface area contributed by atoms with Crippen LogP contribution in [-0.2, 0) is 4.79 Å². The van der Waals surface area contributed by atoms with Gasteiger partial charge in [-0.05, 0) is 43.3 Å². The van der Waals surface area contributed by atoms with E-state index in [-0.39, 0.29) is 22.9 Å². The minimum atomic E-state index is -1.07. The van der Waals surface area contributed by atoms with Gasteiger partial charge in [-0.15, -0.1) is 0 Å².